The van der Waals surface area contributed by atoms with Crippen molar-refractivity contribution in [1.82, 2.24) is 15.0 Å². The van der Waals surface area contributed by atoms with Crippen molar-refractivity contribution < 1.29 is 0 Å². The summed E-state index contributed by atoms with van der Waals surface area (Å²) in [6.45, 7) is 2.31. The third-order valence-corrected chi connectivity index (χ3v) is 10.9. The van der Waals surface area contributed by atoms with Gasteiger partial charge in [-0.2, -0.15) is 0 Å². The Labute approximate surface area is 296 Å². The summed E-state index contributed by atoms with van der Waals surface area (Å²) in [6.07, 6.45) is 9.76. The third-order valence-electron chi connectivity index (χ3n) is 9.73. The van der Waals surface area contributed by atoms with Crippen LogP contribution in [-0.2, 0) is 5.41 Å². The van der Waals surface area contributed by atoms with Crippen LogP contribution in [-0.4, -0.2) is 15.0 Å². The molecule has 0 N–H and O–H groups in total. The zero-order valence-electron chi connectivity index (χ0n) is 27.6. The number of thiophene rings is 1. The van der Waals surface area contributed by atoms with E-state index in [-0.39, 0.29) is 5.41 Å². The van der Waals surface area contributed by atoms with E-state index in [1.54, 1.807) is 11.3 Å². The molecule has 238 valence electrons. The number of aromatic nitrogens is 3. The van der Waals surface area contributed by atoms with Crippen molar-refractivity contribution in [3.05, 3.63) is 175 Å². The number of nitrogens with zero attached hydrogens (tertiary/aromatic N) is 3. The van der Waals surface area contributed by atoms with Crippen LogP contribution in [0, 0.1) is 0 Å². The van der Waals surface area contributed by atoms with Gasteiger partial charge in [-0.25, -0.2) is 15.0 Å². The van der Waals surface area contributed by atoms with Crippen molar-refractivity contribution in [3.63, 3.8) is 0 Å². The van der Waals surface area contributed by atoms with Gasteiger partial charge in [-0.3, -0.25) is 0 Å². The topological polar surface area (TPSA) is 38.7 Å². The molecule has 0 bridgehead atoms. The maximum atomic E-state index is 5.22. The zero-order chi connectivity index (χ0) is 33.5. The molecule has 0 radical (unpaired) electrons. The lowest BCUT2D eigenvalue weighted by Gasteiger charge is -2.28. The van der Waals surface area contributed by atoms with Crippen LogP contribution in [0.4, 0.5) is 0 Å². The van der Waals surface area contributed by atoms with Gasteiger partial charge in [0.25, 0.3) is 0 Å². The third kappa shape index (κ3) is 5.64. The minimum absolute atomic E-state index is 0.146. The second-order valence-corrected chi connectivity index (χ2v) is 14.2. The zero-order valence-corrected chi connectivity index (χ0v) is 28.4. The van der Waals surface area contributed by atoms with Crippen LogP contribution < -0.4 is 0 Å². The van der Waals surface area contributed by atoms with E-state index >= 15 is 0 Å². The fraction of sp³-hybridized carbons (Fsp3) is 0.0652. The number of fused-ring (bicyclic) bond motifs is 3. The van der Waals surface area contributed by atoms with E-state index in [0.29, 0.717) is 17.5 Å². The fourth-order valence-corrected chi connectivity index (χ4v) is 8.04. The quantitative estimate of drug-likeness (QED) is 0.178. The Morgan fingerprint density at radius 3 is 1.74 bits per heavy atom. The summed E-state index contributed by atoms with van der Waals surface area (Å²) >= 11 is 1.80. The number of allylic oxidation sites excluding steroid dienone is 4. The largest absolute Gasteiger partial charge is 0.208 e. The van der Waals surface area contributed by atoms with Crippen molar-refractivity contribution in [2.24, 2.45) is 0 Å². The smallest absolute Gasteiger partial charge is 0.164 e. The molecule has 0 saturated heterocycles. The highest BCUT2D eigenvalue weighted by Crippen LogP contribution is 2.39. The molecule has 50 heavy (non-hydrogen) atoms. The molecule has 0 saturated carbocycles. The number of hydrogen-bond acceptors (Lipinski definition) is 4. The van der Waals surface area contributed by atoms with Crippen LogP contribution in [0.25, 0.3) is 76.6 Å². The first-order valence-corrected chi connectivity index (χ1v) is 17.8. The Hall–Kier alpha value is -5.97. The highest BCUT2D eigenvalue weighted by molar-refractivity contribution is 7.25. The Balaban J connectivity index is 1.23. The van der Waals surface area contributed by atoms with Crippen LogP contribution in [0.5, 0.6) is 0 Å². The van der Waals surface area contributed by atoms with Crippen molar-refractivity contribution in [2.45, 2.75) is 18.8 Å². The highest BCUT2D eigenvalue weighted by Gasteiger charge is 2.26. The molecule has 0 aliphatic heterocycles. The van der Waals surface area contributed by atoms with Crippen LogP contribution in [0.3, 0.4) is 0 Å². The van der Waals surface area contributed by atoms with Crippen LogP contribution in [0.2, 0.25) is 0 Å². The predicted molar refractivity (Wildman–Crippen MR) is 210 cm³/mol. The predicted octanol–water partition coefficient (Wildman–Crippen LogP) is 12.3. The standard InChI is InChI=1S/C46H33N3S/c1-46(25-11-4-12-26-46)38-28-36(32-15-7-3-8-16-32)27-37(29-38)45-48-43(34-21-19-33(20-22-34)31-13-5-2-6-14-31)47-44(49-45)35-23-24-40-39-17-9-10-18-41(39)50-42(40)30-35/h2-25,27-30H,26H2,1H3. The number of hydrogen-bond donors (Lipinski definition) is 0. The molecule has 0 fully saturated rings. The van der Waals surface area contributed by atoms with E-state index in [9.17, 15) is 0 Å². The summed E-state index contributed by atoms with van der Waals surface area (Å²) in [4.78, 5) is 15.5. The van der Waals surface area contributed by atoms with Crippen LogP contribution >= 0.6 is 11.3 Å². The average molecular weight is 660 g/mol. The Morgan fingerprint density at radius 2 is 1.02 bits per heavy atom. The normalized spacial score (nSPS) is 15.5. The summed E-state index contributed by atoms with van der Waals surface area (Å²) in [7, 11) is 0. The molecule has 0 amide bonds. The number of benzene rings is 6. The molecule has 3 nitrogen and oxygen atoms in total. The van der Waals surface area contributed by atoms with Crippen LogP contribution in [0.15, 0.2) is 170 Å². The lowest BCUT2D eigenvalue weighted by Crippen LogP contribution is -2.19. The summed E-state index contributed by atoms with van der Waals surface area (Å²) in [5.74, 6) is 1.97. The molecule has 1 atom stereocenters. The van der Waals surface area contributed by atoms with E-state index in [0.717, 1.165) is 39.8 Å². The fourth-order valence-electron chi connectivity index (χ4n) is 6.90. The molecular formula is C46H33N3S. The lowest BCUT2D eigenvalue weighted by atomic mass is 9.76. The van der Waals surface area contributed by atoms with Crippen molar-refractivity contribution in [3.8, 4) is 56.4 Å². The SMILES string of the molecule is CC1(c2cc(-c3ccccc3)cc(-c3nc(-c4ccc(-c5ccccc5)cc4)nc(-c4ccc5c(c4)sc4ccccc45)n3)c2)C=CC=CC1. The van der Waals surface area contributed by atoms with Crippen molar-refractivity contribution >= 4 is 31.5 Å². The second kappa shape index (κ2) is 12.5. The van der Waals surface area contributed by atoms with Gasteiger partial charge in [-0.15, -0.1) is 11.3 Å². The van der Waals surface area contributed by atoms with Crippen molar-refractivity contribution in [2.75, 3.05) is 0 Å². The first kappa shape index (κ1) is 30.1. The van der Waals surface area contributed by atoms with Gasteiger partial charge in [0.05, 0.1) is 0 Å². The lowest BCUT2D eigenvalue weighted by molar-refractivity contribution is 0.600. The van der Waals surface area contributed by atoms with Gasteiger partial charge in [0, 0.05) is 42.3 Å². The summed E-state index contributed by atoms with van der Waals surface area (Å²) in [5, 5.41) is 2.53. The van der Waals surface area contributed by atoms with E-state index < -0.39 is 0 Å². The molecule has 1 unspecified atom stereocenters. The average Bonchev–Trinajstić information content (AvgIpc) is 3.57. The summed E-state index contributed by atoms with van der Waals surface area (Å²) < 4.78 is 2.50. The number of rotatable bonds is 6. The van der Waals surface area contributed by atoms with Crippen LogP contribution in [0.1, 0.15) is 18.9 Å². The molecule has 1 aliphatic carbocycles. The van der Waals surface area contributed by atoms with Gasteiger partial charge in [-0.1, -0.05) is 153 Å². The molecule has 2 aromatic heterocycles. The highest BCUT2D eigenvalue weighted by atomic mass is 32.1. The minimum atomic E-state index is -0.146. The molecular weight excluding hydrogens is 627 g/mol. The van der Waals surface area contributed by atoms with Gasteiger partial charge in [0.2, 0.25) is 0 Å². The first-order chi connectivity index (χ1) is 24.6. The first-order valence-electron chi connectivity index (χ1n) is 17.0. The minimum Gasteiger partial charge on any atom is -0.208 e. The molecule has 9 rings (SSSR count). The molecule has 1 aliphatic rings. The Morgan fingerprint density at radius 1 is 0.460 bits per heavy atom. The molecule has 2 heterocycles. The Kier molecular flexibility index (Phi) is 7.52. The van der Waals surface area contributed by atoms with Gasteiger partial charge in [-0.05, 0) is 58.5 Å². The van der Waals surface area contributed by atoms with Gasteiger partial charge >= 0.3 is 0 Å². The van der Waals surface area contributed by atoms with Gasteiger partial charge in [0.15, 0.2) is 17.5 Å². The van der Waals surface area contributed by atoms with E-state index in [2.05, 4.69) is 171 Å². The summed E-state index contributed by atoms with van der Waals surface area (Å²) in [6, 6.07) is 51.5. The maximum absolute atomic E-state index is 5.22. The maximum Gasteiger partial charge on any atom is 0.164 e. The molecule has 0 spiro atoms. The molecule has 6 aromatic carbocycles. The second-order valence-electron chi connectivity index (χ2n) is 13.1. The van der Waals surface area contributed by atoms with E-state index in [4.69, 9.17) is 15.0 Å². The molecule has 4 heteroatoms. The van der Waals surface area contributed by atoms with E-state index in [1.165, 1.54) is 31.3 Å². The van der Waals surface area contributed by atoms with E-state index in [1.807, 2.05) is 6.07 Å². The van der Waals surface area contributed by atoms with Crippen molar-refractivity contribution in [1.29, 1.82) is 0 Å². The monoisotopic (exact) mass is 659 g/mol. The summed E-state index contributed by atoms with van der Waals surface area (Å²) in [5.41, 5.74) is 8.62. The molecule has 8 aromatic rings. The van der Waals surface area contributed by atoms with Gasteiger partial charge in [0.1, 0.15) is 0 Å². The Bertz CT molecular complexity index is 2570. The van der Waals surface area contributed by atoms with Gasteiger partial charge < -0.3 is 0 Å².